The van der Waals surface area contributed by atoms with E-state index in [1.165, 1.54) is 31.1 Å². The van der Waals surface area contributed by atoms with Crippen LogP contribution in [0.5, 0.6) is 0 Å². The Bertz CT molecular complexity index is 2510. The van der Waals surface area contributed by atoms with E-state index in [4.69, 9.17) is 4.98 Å². The Morgan fingerprint density at radius 2 is 0.980 bits per heavy atom. The summed E-state index contributed by atoms with van der Waals surface area (Å²) in [6.07, 6.45) is 1.88. The monoisotopic (exact) mass is 645 g/mol. The fourth-order valence-electron chi connectivity index (χ4n) is 6.91. The number of hydrogen-bond donors (Lipinski definition) is 0. The van der Waals surface area contributed by atoms with Gasteiger partial charge in [-0.25, -0.2) is 0 Å². The fraction of sp³-hybridized carbons (Fsp3) is 0. The second kappa shape index (κ2) is 12.4. The van der Waals surface area contributed by atoms with Crippen LogP contribution in [0.1, 0.15) is 0 Å². The van der Waals surface area contributed by atoms with Gasteiger partial charge in [-0.05, 0) is 78.4 Å². The van der Waals surface area contributed by atoms with Crippen LogP contribution in [-0.4, -0.2) is 4.98 Å². The largest absolute Gasteiger partial charge is 0.308 e. The number of para-hydroxylation sites is 4. The zero-order valence-corrected chi connectivity index (χ0v) is 27.5. The average molecular weight is 646 g/mol. The first-order valence-corrected chi connectivity index (χ1v) is 17.3. The molecule has 0 saturated heterocycles. The molecule has 2 heterocycles. The maximum atomic E-state index is 4.73. The second-order valence-electron chi connectivity index (χ2n) is 12.0. The van der Waals surface area contributed by atoms with Gasteiger partial charge in [-0.15, -0.1) is 11.3 Å². The predicted molar refractivity (Wildman–Crippen MR) is 209 cm³/mol. The third-order valence-electron chi connectivity index (χ3n) is 9.07. The minimum absolute atomic E-state index is 1.00. The van der Waals surface area contributed by atoms with E-state index < -0.39 is 0 Å². The number of thiophene rings is 1. The fourth-order valence-corrected chi connectivity index (χ4v) is 8.04. The van der Waals surface area contributed by atoms with Gasteiger partial charge < -0.3 is 9.80 Å². The van der Waals surface area contributed by atoms with E-state index in [9.17, 15) is 0 Å². The molecule has 0 aliphatic carbocycles. The van der Waals surface area contributed by atoms with Gasteiger partial charge in [0.1, 0.15) is 0 Å². The summed E-state index contributed by atoms with van der Waals surface area (Å²) in [4.78, 5) is 9.55. The molecular weight excluding hydrogens is 615 g/mol. The van der Waals surface area contributed by atoms with Gasteiger partial charge >= 0.3 is 0 Å². The molecular formula is C45H31N3S. The number of aromatic nitrogens is 1. The highest BCUT2D eigenvalue weighted by Gasteiger charge is 2.26. The van der Waals surface area contributed by atoms with Crippen LogP contribution in [-0.2, 0) is 0 Å². The topological polar surface area (TPSA) is 19.4 Å². The Morgan fingerprint density at radius 3 is 1.65 bits per heavy atom. The average Bonchev–Trinajstić information content (AvgIpc) is 3.55. The number of nitrogens with zero attached hydrogens (tertiary/aromatic N) is 3. The summed E-state index contributed by atoms with van der Waals surface area (Å²) >= 11 is 1.84. The lowest BCUT2D eigenvalue weighted by molar-refractivity contribution is 1.23. The number of benzene rings is 7. The molecule has 0 fully saturated rings. The number of anilines is 6. The Kier molecular flexibility index (Phi) is 7.34. The van der Waals surface area contributed by atoms with E-state index in [-0.39, 0.29) is 0 Å². The highest BCUT2D eigenvalue weighted by molar-refractivity contribution is 7.26. The Balaban J connectivity index is 1.43. The van der Waals surface area contributed by atoms with Crippen molar-refractivity contribution in [2.45, 2.75) is 0 Å². The van der Waals surface area contributed by atoms with Crippen LogP contribution in [0.25, 0.3) is 42.2 Å². The predicted octanol–water partition coefficient (Wildman–Crippen LogP) is 13.2. The molecule has 9 rings (SSSR count). The van der Waals surface area contributed by atoms with Crippen molar-refractivity contribution < 1.29 is 0 Å². The first-order valence-electron chi connectivity index (χ1n) is 16.5. The minimum atomic E-state index is 1.00. The van der Waals surface area contributed by atoms with E-state index in [2.05, 4.69) is 186 Å². The zero-order chi connectivity index (χ0) is 32.6. The lowest BCUT2D eigenvalue weighted by Crippen LogP contribution is -2.17. The smallest absolute Gasteiger partial charge is 0.0716 e. The molecule has 0 unspecified atom stereocenters. The first-order chi connectivity index (χ1) is 24.3. The van der Waals surface area contributed by atoms with Crippen LogP contribution in [0.15, 0.2) is 188 Å². The highest BCUT2D eigenvalue weighted by Crippen LogP contribution is 2.51. The number of pyridine rings is 1. The van der Waals surface area contributed by atoms with Crippen LogP contribution in [0.2, 0.25) is 0 Å². The normalized spacial score (nSPS) is 11.3. The van der Waals surface area contributed by atoms with Crippen molar-refractivity contribution >= 4 is 76.5 Å². The maximum absolute atomic E-state index is 4.73. The van der Waals surface area contributed by atoms with Gasteiger partial charge in [-0.1, -0.05) is 109 Å². The van der Waals surface area contributed by atoms with Gasteiger partial charge in [0.05, 0.1) is 22.6 Å². The summed E-state index contributed by atoms with van der Waals surface area (Å²) in [6.45, 7) is 0. The minimum Gasteiger partial charge on any atom is -0.308 e. The van der Waals surface area contributed by atoms with Gasteiger partial charge in [0.25, 0.3) is 0 Å². The molecule has 0 radical (unpaired) electrons. The van der Waals surface area contributed by atoms with Crippen LogP contribution in [0.3, 0.4) is 0 Å². The van der Waals surface area contributed by atoms with Gasteiger partial charge in [0.2, 0.25) is 0 Å². The Morgan fingerprint density at radius 1 is 0.408 bits per heavy atom. The van der Waals surface area contributed by atoms with Crippen LogP contribution in [0, 0.1) is 0 Å². The van der Waals surface area contributed by atoms with Crippen molar-refractivity contribution in [2.75, 3.05) is 9.80 Å². The molecule has 49 heavy (non-hydrogen) atoms. The van der Waals surface area contributed by atoms with Gasteiger partial charge in [0, 0.05) is 54.4 Å². The summed E-state index contributed by atoms with van der Waals surface area (Å²) in [5.41, 5.74) is 9.87. The summed E-state index contributed by atoms with van der Waals surface area (Å²) < 4.78 is 2.48. The van der Waals surface area contributed by atoms with E-state index in [0.717, 1.165) is 45.2 Å². The van der Waals surface area contributed by atoms with Crippen LogP contribution < -0.4 is 9.80 Å². The maximum Gasteiger partial charge on any atom is 0.0716 e. The number of fused-ring (bicyclic) bond motifs is 5. The Hall–Kier alpha value is -6.23. The molecule has 7 aromatic carbocycles. The summed E-state index contributed by atoms with van der Waals surface area (Å²) in [5.74, 6) is 0. The summed E-state index contributed by atoms with van der Waals surface area (Å²) in [6, 6.07) is 64.9. The lowest BCUT2D eigenvalue weighted by atomic mass is 10.0. The third kappa shape index (κ3) is 5.20. The summed E-state index contributed by atoms with van der Waals surface area (Å²) in [7, 11) is 0. The molecule has 3 nitrogen and oxygen atoms in total. The summed E-state index contributed by atoms with van der Waals surface area (Å²) in [5, 5.41) is 3.63. The third-order valence-corrected chi connectivity index (χ3v) is 10.2. The molecule has 0 bridgehead atoms. The highest BCUT2D eigenvalue weighted by atomic mass is 32.1. The van der Waals surface area contributed by atoms with Crippen molar-refractivity contribution in [3.05, 3.63) is 188 Å². The van der Waals surface area contributed by atoms with Gasteiger partial charge in [0.15, 0.2) is 0 Å². The molecule has 0 spiro atoms. The number of hydrogen-bond acceptors (Lipinski definition) is 4. The quantitative estimate of drug-likeness (QED) is 0.172. The van der Waals surface area contributed by atoms with E-state index in [0.29, 0.717) is 0 Å². The molecule has 0 amide bonds. The van der Waals surface area contributed by atoms with Crippen molar-refractivity contribution in [3.63, 3.8) is 0 Å². The van der Waals surface area contributed by atoms with Crippen molar-refractivity contribution in [1.29, 1.82) is 0 Å². The van der Waals surface area contributed by atoms with E-state index in [1.807, 2.05) is 23.6 Å². The molecule has 232 valence electrons. The zero-order valence-electron chi connectivity index (χ0n) is 26.6. The molecule has 2 aromatic heterocycles. The molecule has 0 atom stereocenters. The molecule has 0 aliphatic rings. The molecule has 0 N–H and O–H groups in total. The second-order valence-corrected chi connectivity index (χ2v) is 13.1. The van der Waals surface area contributed by atoms with Crippen LogP contribution >= 0.6 is 11.3 Å². The molecule has 0 saturated carbocycles. The molecule has 9 aromatic rings. The lowest BCUT2D eigenvalue weighted by Gasteiger charge is -2.34. The number of rotatable bonds is 7. The standard InChI is InChI=1S/C45H31N3S/c1-5-16-32(17-6-1)36-24-13-14-26-40(36)48(35-22-11-4-12-23-35)41-30-38-44(49-43-28-27-39-37(45(38)43)25-15-29-46-39)31-42(41)47(33-18-7-2-8-19-33)34-20-9-3-10-21-34/h1-31H. The Labute approximate surface area is 289 Å². The van der Waals surface area contributed by atoms with E-state index >= 15 is 0 Å². The van der Waals surface area contributed by atoms with Crippen molar-refractivity contribution in [2.24, 2.45) is 0 Å². The van der Waals surface area contributed by atoms with Gasteiger partial charge in [-0.3, -0.25) is 4.98 Å². The molecule has 4 heteroatoms. The van der Waals surface area contributed by atoms with Gasteiger partial charge in [-0.2, -0.15) is 0 Å². The van der Waals surface area contributed by atoms with Crippen LogP contribution in [0.4, 0.5) is 34.1 Å². The van der Waals surface area contributed by atoms with Crippen molar-refractivity contribution in [3.8, 4) is 11.1 Å². The SMILES string of the molecule is c1ccc(-c2ccccc2N(c2ccccc2)c2cc3c(cc2N(c2ccccc2)c2ccccc2)sc2ccc4ncccc4c23)cc1. The van der Waals surface area contributed by atoms with E-state index in [1.54, 1.807) is 0 Å². The van der Waals surface area contributed by atoms with Crippen molar-refractivity contribution in [1.82, 2.24) is 4.98 Å². The molecule has 0 aliphatic heterocycles. The first kappa shape index (κ1) is 29.0.